The molecule has 3 nitrogen and oxygen atoms in total. The van der Waals surface area contributed by atoms with Gasteiger partial charge in [0.1, 0.15) is 0 Å². The van der Waals surface area contributed by atoms with Gasteiger partial charge in [-0.2, -0.15) is 13.2 Å². The predicted octanol–water partition coefficient (Wildman–Crippen LogP) is 2.22. The Morgan fingerprint density at radius 3 is 2.69 bits per heavy atom. The number of esters is 1. The number of carbonyl (C=O) groups is 1. The van der Waals surface area contributed by atoms with Crippen LogP contribution in [0.2, 0.25) is 0 Å². The molecule has 1 aromatic carbocycles. The second-order valence-electron chi connectivity index (χ2n) is 3.16. The minimum absolute atomic E-state index is 0.458. The summed E-state index contributed by atoms with van der Waals surface area (Å²) < 4.78 is 40.1. The third-order valence-electron chi connectivity index (χ3n) is 2.06. The number of hydrogen-bond acceptors (Lipinski definition) is 3. The third kappa shape index (κ3) is 1.91. The van der Waals surface area contributed by atoms with Crippen LogP contribution in [0.5, 0.6) is 0 Å². The van der Waals surface area contributed by atoms with E-state index in [1.54, 1.807) is 24.3 Å². The van der Waals surface area contributed by atoms with Crippen LogP contribution in [0.4, 0.5) is 13.2 Å². The smallest absolute Gasteiger partial charge is 0.429 e. The zero-order valence-corrected chi connectivity index (χ0v) is 7.86. The summed E-state index contributed by atoms with van der Waals surface area (Å²) in [5.41, 5.74) is 1.11. The average Bonchev–Trinajstić information content (AvgIpc) is 2.61. The normalized spacial score (nSPS) is 18.3. The van der Waals surface area contributed by atoms with Crippen LogP contribution in [0, 0.1) is 0 Å². The molecule has 1 unspecified atom stereocenters. The molecule has 0 N–H and O–H groups in total. The number of alkyl halides is 3. The summed E-state index contributed by atoms with van der Waals surface area (Å²) in [6.07, 6.45) is -4.80. The Morgan fingerprint density at radius 1 is 1.31 bits per heavy atom. The first-order valence-electron chi connectivity index (χ1n) is 4.38. The Labute approximate surface area is 88.6 Å². The fourth-order valence-electron chi connectivity index (χ4n) is 1.34. The predicted molar refractivity (Wildman–Crippen MR) is 48.9 cm³/mol. The number of aliphatic imine (C=N–C) groups is 1. The van der Waals surface area contributed by atoms with E-state index >= 15 is 0 Å². The van der Waals surface area contributed by atoms with E-state index in [0.717, 1.165) is 0 Å². The number of hydrogen-bond donors (Lipinski definition) is 0. The van der Waals surface area contributed by atoms with Crippen molar-refractivity contribution in [2.75, 3.05) is 0 Å². The molecule has 1 aromatic rings. The summed E-state index contributed by atoms with van der Waals surface area (Å²) in [6, 6.07) is 6.61. The number of halogens is 3. The van der Waals surface area contributed by atoms with Crippen LogP contribution >= 0.6 is 0 Å². The number of ether oxygens (including phenoxy) is 1. The van der Waals surface area contributed by atoms with Crippen LogP contribution in [0.25, 0.3) is 0 Å². The second kappa shape index (κ2) is 3.62. The maximum Gasteiger partial charge on any atom is 0.491 e. The topological polar surface area (TPSA) is 38.7 Å². The van der Waals surface area contributed by atoms with E-state index in [4.69, 9.17) is 0 Å². The highest BCUT2D eigenvalue weighted by Crippen LogP contribution is 2.29. The quantitative estimate of drug-likeness (QED) is 0.692. The van der Waals surface area contributed by atoms with Crippen molar-refractivity contribution in [3.05, 3.63) is 35.4 Å². The van der Waals surface area contributed by atoms with Gasteiger partial charge >= 0.3 is 12.1 Å². The third-order valence-corrected chi connectivity index (χ3v) is 2.06. The summed E-state index contributed by atoms with van der Waals surface area (Å²) in [4.78, 5) is 14.3. The molecule has 0 bridgehead atoms. The molecule has 2 rings (SSSR count). The van der Waals surface area contributed by atoms with Crippen LogP contribution in [0.15, 0.2) is 29.3 Å². The highest BCUT2D eigenvalue weighted by atomic mass is 19.4. The van der Waals surface area contributed by atoms with E-state index in [1.165, 1.54) is 6.21 Å². The lowest BCUT2D eigenvalue weighted by atomic mass is 10.1. The molecule has 0 saturated carbocycles. The van der Waals surface area contributed by atoms with Crippen molar-refractivity contribution in [2.24, 2.45) is 4.99 Å². The van der Waals surface area contributed by atoms with Crippen molar-refractivity contribution in [3.63, 3.8) is 0 Å². The van der Waals surface area contributed by atoms with Gasteiger partial charge in [0, 0.05) is 17.3 Å². The lowest BCUT2D eigenvalue weighted by Gasteiger charge is -2.12. The summed E-state index contributed by atoms with van der Waals surface area (Å²) in [5.74, 6) is -2.23. The fourth-order valence-corrected chi connectivity index (χ4v) is 1.34. The highest BCUT2D eigenvalue weighted by molar-refractivity contribution is 5.85. The van der Waals surface area contributed by atoms with E-state index in [9.17, 15) is 18.0 Å². The summed E-state index contributed by atoms with van der Waals surface area (Å²) in [7, 11) is 0. The summed E-state index contributed by atoms with van der Waals surface area (Å²) >= 11 is 0. The summed E-state index contributed by atoms with van der Waals surface area (Å²) in [6.45, 7) is 0. The standard InChI is InChI=1S/C10H6F3NO2/c11-10(12,13)9(15)16-8-7-4-2-1-3-6(7)5-14-8/h1-5,8H. The Balaban J connectivity index is 2.16. The Bertz CT molecular complexity index is 454. The van der Waals surface area contributed by atoms with Gasteiger partial charge in [0.25, 0.3) is 0 Å². The minimum Gasteiger partial charge on any atom is -0.429 e. The molecular weight excluding hydrogens is 223 g/mol. The zero-order valence-electron chi connectivity index (χ0n) is 7.86. The number of rotatable bonds is 1. The van der Waals surface area contributed by atoms with Gasteiger partial charge in [0.05, 0.1) is 0 Å². The lowest BCUT2D eigenvalue weighted by Crippen LogP contribution is -2.26. The zero-order chi connectivity index (χ0) is 11.8. The van der Waals surface area contributed by atoms with Crippen molar-refractivity contribution >= 4 is 12.2 Å². The van der Waals surface area contributed by atoms with E-state index in [0.29, 0.717) is 11.1 Å². The van der Waals surface area contributed by atoms with E-state index in [1.807, 2.05) is 0 Å². The molecule has 1 aliphatic heterocycles. The van der Waals surface area contributed by atoms with Gasteiger partial charge in [0.15, 0.2) is 0 Å². The van der Waals surface area contributed by atoms with E-state index < -0.39 is 18.4 Å². The van der Waals surface area contributed by atoms with Gasteiger partial charge in [-0.05, 0) is 0 Å². The van der Waals surface area contributed by atoms with Gasteiger partial charge < -0.3 is 4.74 Å². The maximum atomic E-state index is 12.0. The van der Waals surface area contributed by atoms with Crippen LogP contribution in [-0.4, -0.2) is 18.4 Å². The van der Waals surface area contributed by atoms with Gasteiger partial charge in [-0.3, -0.25) is 0 Å². The second-order valence-corrected chi connectivity index (χ2v) is 3.16. The Morgan fingerprint density at radius 2 is 2.00 bits per heavy atom. The van der Waals surface area contributed by atoms with Gasteiger partial charge in [0.2, 0.25) is 6.23 Å². The monoisotopic (exact) mass is 229 g/mol. The van der Waals surface area contributed by atoms with Crippen molar-refractivity contribution < 1.29 is 22.7 Å². The maximum absolute atomic E-state index is 12.0. The molecule has 6 heteroatoms. The van der Waals surface area contributed by atoms with Crippen molar-refractivity contribution in [3.8, 4) is 0 Å². The summed E-state index contributed by atoms with van der Waals surface area (Å²) in [5, 5.41) is 0. The first-order valence-corrected chi connectivity index (χ1v) is 4.38. The van der Waals surface area contributed by atoms with Crippen LogP contribution in [0.3, 0.4) is 0 Å². The highest BCUT2D eigenvalue weighted by Gasteiger charge is 2.43. The van der Waals surface area contributed by atoms with E-state index in [2.05, 4.69) is 9.73 Å². The number of nitrogens with zero attached hydrogens (tertiary/aromatic N) is 1. The lowest BCUT2D eigenvalue weighted by molar-refractivity contribution is -0.204. The number of benzene rings is 1. The molecule has 16 heavy (non-hydrogen) atoms. The molecule has 0 spiro atoms. The number of carbonyl (C=O) groups excluding carboxylic acids is 1. The van der Waals surface area contributed by atoms with Crippen molar-refractivity contribution in [1.82, 2.24) is 0 Å². The van der Waals surface area contributed by atoms with Gasteiger partial charge in [-0.25, -0.2) is 9.79 Å². The molecule has 0 saturated heterocycles. The molecule has 0 amide bonds. The first-order chi connectivity index (χ1) is 7.48. The molecule has 1 aliphatic rings. The molecular formula is C10H6F3NO2. The van der Waals surface area contributed by atoms with Crippen LogP contribution < -0.4 is 0 Å². The van der Waals surface area contributed by atoms with Crippen molar-refractivity contribution in [1.29, 1.82) is 0 Å². The molecule has 0 radical (unpaired) electrons. The average molecular weight is 229 g/mol. The van der Waals surface area contributed by atoms with Crippen LogP contribution in [0.1, 0.15) is 17.4 Å². The number of fused-ring (bicyclic) bond motifs is 1. The Kier molecular flexibility index (Phi) is 2.41. The van der Waals surface area contributed by atoms with E-state index in [-0.39, 0.29) is 0 Å². The molecule has 1 atom stereocenters. The minimum atomic E-state index is -4.99. The molecule has 0 aromatic heterocycles. The largest absolute Gasteiger partial charge is 0.491 e. The van der Waals surface area contributed by atoms with Gasteiger partial charge in [-0.15, -0.1) is 0 Å². The fraction of sp³-hybridized carbons (Fsp3) is 0.200. The molecule has 1 heterocycles. The molecule has 0 aliphatic carbocycles. The first kappa shape index (κ1) is 10.7. The molecule has 0 fully saturated rings. The molecule has 84 valence electrons. The SMILES string of the molecule is O=C(OC1N=Cc2ccccc21)C(F)(F)F. The Hall–Kier alpha value is -1.85. The van der Waals surface area contributed by atoms with Crippen LogP contribution in [-0.2, 0) is 9.53 Å². The van der Waals surface area contributed by atoms with Crippen molar-refractivity contribution in [2.45, 2.75) is 12.4 Å². The van der Waals surface area contributed by atoms with Gasteiger partial charge in [-0.1, -0.05) is 24.3 Å².